The number of aryl methyl sites for hydroxylation is 1. The monoisotopic (exact) mass is 276 g/mol. The Morgan fingerprint density at radius 3 is 2.75 bits per heavy atom. The Kier molecular flexibility index (Phi) is 5.33. The van der Waals surface area contributed by atoms with Crippen LogP contribution in [0.3, 0.4) is 0 Å². The number of ether oxygens (including phenoxy) is 1. The van der Waals surface area contributed by atoms with Crippen molar-refractivity contribution < 1.29 is 9.84 Å². The van der Waals surface area contributed by atoms with Gasteiger partial charge in [-0.05, 0) is 54.4 Å². The lowest BCUT2D eigenvalue weighted by Crippen LogP contribution is -2.14. The number of fused-ring (bicyclic) bond motifs is 1. The Morgan fingerprint density at radius 2 is 2.05 bits per heavy atom. The minimum atomic E-state index is 0.279. The Labute approximate surface area is 123 Å². The van der Waals surface area contributed by atoms with E-state index < -0.39 is 0 Å². The highest BCUT2D eigenvalue weighted by atomic mass is 16.5. The second-order valence-electron chi connectivity index (χ2n) is 6.58. The predicted molar refractivity (Wildman–Crippen MR) is 83.5 cm³/mol. The number of methoxy groups -OCH3 is 1. The molecule has 2 rings (SSSR count). The third-order valence-electron chi connectivity index (χ3n) is 4.48. The van der Waals surface area contributed by atoms with E-state index in [0.717, 1.165) is 24.7 Å². The van der Waals surface area contributed by atoms with Crippen LogP contribution in [0.25, 0.3) is 0 Å². The van der Waals surface area contributed by atoms with E-state index >= 15 is 0 Å². The van der Waals surface area contributed by atoms with Crippen LogP contribution in [0.2, 0.25) is 0 Å². The van der Waals surface area contributed by atoms with Crippen molar-refractivity contribution >= 4 is 0 Å². The van der Waals surface area contributed by atoms with E-state index in [1.807, 2.05) is 12.1 Å². The number of phenols is 1. The molecule has 0 spiro atoms. The molecule has 0 saturated carbocycles. The maximum atomic E-state index is 9.83. The van der Waals surface area contributed by atoms with Gasteiger partial charge in [0, 0.05) is 0 Å². The van der Waals surface area contributed by atoms with Crippen LogP contribution in [0.4, 0.5) is 0 Å². The van der Waals surface area contributed by atoms with Crippen molar-refractivity contribution in [2.24, 2.45) is 11.8 Å². The predicted octanol–water partition coefficient (Wildman–Crippen LogP) is 4.72. The van der Waals surface area contributed by atoms with Crippen LogP contribution in [0, 0.1) is 11.8 Å². The number of benzene rings is 1. The Bertz CT molecular complexity index is 437. The van der Waals surface area contributed by atoms with Crippen molar-refractivity contribution in [2.45, 2.75) is 58.8 Å². The minimum Gasteiger partial charge on any atom is -0.504 e. The first-order valence-electron chi connectivity index (χ1n) is 7.99. The molecule has 1 aromatic carbocycles. The lowest BCUT2D eigenvalue weighted by Gasteiger charge is -2.25. The minimum absolute atomic E-state index is 0.279. The van der Waals surface area contributed by atoms with Crippen LogP contribution in [0.15, 0.2) is 12.1 Å². The zero-order valence-corrected chi connectivity index (χ0v) is 13.1. The smallest absolute Gasteiger partial charge is 0.160 e. The molecule has 0 radical (unpaired) electrons. The first kappa shape index (κ1) is 15.2. The molecular weight excluding hydrogens is 248 g/mol. The van der Waals surface area contributed by atoms with Gasteiger partial charge in [-0.15, -0.1) is 0 Å². The highest BCUT2D eigenvalue weighted by Gasteiger charge is 2.20. The number of unbranched alkanes of at least 4 members (excludes halogenated alkanes) is 1. The summed E-state index contributed by atoms with van der Waals surface area (Å²) in [5, 5.41) is 9.83. The van der Waals surface area contributed by atoms with E-state index in [1.54, 1.807) is 7.11 Å². The molecule has 1 atom stereocenters. The molecule has 1 unspecified atom stereocenters. The first-order chi connectivity index (χ1) is 9.60. The van der Waals surface area contributed by atoms with Crippen molar-refractivity contribution in [1.29, 1.82) is 0 Å². The Balaban J connectivity index is 1.90. The second-order valence-corrected chi connectivity index (χ2v) is 6.58. The van der Waals surface area contributed by atoms with Crippen molar-refractivity contribution in [1.82, 2.24) is 0 Å². The lowest BCUT2D eigenvalue weighted by atomic mass is 9.81. The molecule has 1 N–H and O–H groups in total. The summed E-state index contributed by atoms with van der Waals surface area (Å²) in [6, 6.07) is 3.92. The topological polar surface area (TPSA) is 29.5 Å². The zero-order valence-electron chi connectivity index (χ0n) is 13.1. The molecule has 1 aliphatic carbocycles. The third kappa shape index (κ3) is 3.91. The van der Waals surface area contributed by atoms with Gasteiger partial charge in [0.15, 0.2) is 11.5 Å². The maximum Gasteiger partial charge on any atom is 0.160 e. The normalized spacial score (nSPS) is 18.1. The molecule has 0 aromatic heterocycles. The summed E-state index contributed by atoms with van der Waals surface area (Å²) in [7, 11) is 1.62. The van der Waals surface area contributed by atoms with Crippen molar-refractivity contribution in [3.63, 3.8) is 0 Å². The molecule has 0 aliphatic heterocycles. The van der Waals surface area contributed by atoms with Gasteiger partial charge < -0.3 is 9.84 Å². The van der Waals surface area contributed by atoms with E-state index in [-0.39, 0.29) is 5.75 Å². The van der Waals surface area contributed by atoms with E-state index in [9.17, 15) is 5.11 Å². The molecule has 0 fully saturated rings. The number of rotatable bonds is 6. The van der Waals surface area contributed by atoms with Crippen molar-refractivity contribution in [2.75, 3.05) is 7.11 Å². The fraction of sp³-hybridized carbons (Fsp3) is 0.667. The first-order valence-corrected chi connectivity index (χ1v) is 7.99. The van der Waals surface area contributed by atoms with Crippen LogP contribution >= 0.6 is 0 Å². The van der Waals surface area contributed by atoms with Crippen molar-refractivity contribution in [3.05, 3.63) is 23.3 Å². The van der Waals surface area contributed by atoms with Crippen LogP contribution in [0.1, 0.15) is 57.1 Å². The van der Waals surface area contributed by atoms with Gasteiger partial charge in [0.05, 0.1) is 7.11 Å². The van der Waals surface area contributed by atoms with Crippen LogP contribution in [-0.4, -0.2) is 12.2 Å². The molecular formula is C18H28O2. The van der Waals surface area contributed by atoms with Gasteiger partial charge in [0.2, 0.25) is 0 Å². The summed E-state index contributed by atoms with van der Waals surface area (Å²) in [6.07, 6.45) is 8.92. The van der Waals surface area contributed by atoms with Gasteiger partial charge >= 0.3 is 0 Å². The summed E-state index contributed by atoms with van der Waals surface area (Å²) in [6.45, 7) is 4.60. The SMILES string of the molecule is COc1cc2c(cc1O)CCC(CCCCC(C)C)C2. The molecule has 2 nitrogen and oxygen atoms in total. The molecule has 1 aliphatic rings. The average Bonchev–Trinajstić information content (AvgIpc) is 2.42. The Hall–Kier alpha value is -1.18. The highest BCUT2D eigenvalue weighted by molar-refractivity contribution is 5.47. The summed E-state index contributed by atoms with van der Waals surface area (Å²) in [5.41, 5.74) is 2.68. The fourth-order valence-electron chi connectivity index (χ4n) is 3.24. The van der Waals surface area contributed by atoms with E-state index in [1.165, 1.54) is 43.2 Å². The van der Waals surface area contributed by atoms with Gasteiger partial charge in [0.1, 0.15) is 0 Å². The van der Waals surface area contributed by atoms with E-state index in [0.29, 0.717) is 5.75 Å². The van der Waals surface area contributed by atoms with Gasteiger partial charge in [0.25, 0.3) is 0 Å². The van der Waals surface area contributed by atoms with E-state index in [2.05, 4.69) is 13.8 Å². The third-order valence-corrected chi connectivity index (χ3v) is 4.48. The molecule has 0 amide bonds. The summed E-state index contributed by atoms with van der Waals surface area (Å²) < 4.78 is 5.22. The van der Waals surface area contributed by atoms with Crippen LogP contribution in [-0.2, 0) is 12.8 Å². The van der Waals surface area contributed by atoms with Gasteiger partial charge in [-0.3, -0.25) is 0 Å². The molecule has 0 heterocycles. The summed E-state index contributed by atoms with van der Waals surface area (Å²) in [4.78, 5) is 0. The molecule has 0 bridgehead atoms. The zero-order chi connectivity index (χ0) is 14.5. The van der Waals surface area contributed by atoms with Crippen LogP contribution in [0.5, 0.6) is 11.5 Å². The summed E-state index contributed by atoms with van der Waals surface area (Å²) >= 11 is 0. The van der Waals surface area contributed by atoms with Gasteiger partial charge in [-0.1, -0.05) is 39.5 Å². The number of aromatic hydroxyl groups is 1. The maximum absolute atomic E-state index is 9.83. The molecule has 1 aromatic rings. The number of hydrogen-bond acceptors (Lipinski definition) is 2. The highest BCUT2D eigenvalue weighted by Crippen LogP contribution is 2.36. The molecule has 20 heavy (non-hydrogen) atoms. The standard InChI is InChI=1S/C18H28O2/c1-13(2)6-4-5-7-14-8-9-15-11-17(19)18(20-3)12-16(15)10-14/h11-14,19H,4-10H2,1-3H3. The quantitative estimate of drug-likeness (QED) is 0.762. The largest absolute Gasteiger partial charge is 0.504 e. The van der Waals surface area contributed by atoms with Crippen LogP contribution < -0.4 is 4.74 Å². The second kappa shape index (κ2) is 7.01. The Morgan fingerprint density at radius 1 is 1.25 bits per heavy atom. The van der Waals surface area contributed by atoms with Crippen molar-refractivity contribution in [3.8, 4) is 11.5 Å². The van der Waals surface area contributed by atoms with E-state index in [4.69, 9.17) is 4.74 Å². The molecule has 0 saturated heterocycles. The fourth-order valence-corrected chi connectivity index (χ4v) is 3.24. The van der Waals surface area contributed by atoms with Gasteiger partial charge in [-0.2, -0.15) is 0 Å². The average molecular weight is 276 g/mol. The molecule has 112 valence electrons. The lowest BCUT2D eigenvalue weighted by molar-refractivity contribution is 0.366. The molecule has 2 heteroatoms. The number of phenolic OH excluding ortho intramolecular Hbond substituents is 1. The summed E-state index contributed by atoms with van der Waals surface area (Å²) in [5.74, 6) is 2.53. The van der Waals surface area contributed by atoms with Gasteiger partial charge in [-0.25, -0.2) is 0 Å². The number of hydrogen-bond donors (Lipinski definition) is 1.